The number of hydrogen-bond donors (Lipinski definition) is 1. The molecular weight excluding hydrogens is 210 g/mol. The van der Waals surface area contributed by atoms with Crippen LogP contribution < -0.4 is 0 Å². The quantitative estimate of drug-likeness (QED) is 0.770. The molecule has 0 bridgehead atoms. The molecule has 0 amide bonds. The lowest BCUT2D eigenvalue weighted by molar-refractivity contribution is -0.143. The van der Waals surface area contributed by atoms with Crippen LogP contribution in [0.25, 0.3) is 0 Å². The van der Waals surface area contributed by atoms with Gasteiger partial charge in [-0.2, -0.15) is 0 Å². The number of ether oxygens (including phenoxy) is 1. The molecule has 1 heterocycles. The third kappa shape index (κ3) is 2.85. The molecule has 5 nitrogen and oxygen atoms in total. The Balaban J connectivity index is 2.61. The fourth-order valence-electron chi connectivity index (χ4n) is 1.46. The van der Waals surface area contributed by atoms with E-state index in [2.05, 4.69) is 0 Å². The van der Waals surface area contributed by atoms with Gasteiger partial charge >= 0.3 is 11.9 Å². The summed E-state index contributed by atoms with van der Waals surface area (Å²) in [5.74, 6) is -1.22. The zero-order valence-corrected chi connectivity index (χ0v) is 9.40. The minimum atomic E-state index is -0.951. The van der Waals surface area contributed by atoms with Crippen LogP contribution in [0.5, 0.6) is 0 Å². The predicted molar refractivity (Wildman–Crippen MR) is 57.4 cm³/mol. The maximum absolute atomic E-state index is 11.1. The van der Waals surface area contributed by atoms with E-state index in [4.69, 9.17) is 9.84 Å². The Morgan fingerprint density at radius 1 is 1.50 bits per heavy atom. The monoisotopic (exact) mass is 225 g/mol. The molecule has 0 saturated heterocycles. The number of aryl methyl sites for hydroxylation is 1. The Bertz CT molecular complexity index is 395. The van der Waals surface area contributed by atoms with Gasteiger partial charge in [-0.15, -0.1) is 0 Å². The van der Waals surface area contributed by atoms with E-state index < -0.39 is 5.97 Å². The van der Waals surface area contributed by atoms with Crippen LogP contribution in [0.4, 0.5) is 0 Å². The van der Waals surface area contributed by atoms with E-state index in [9.17, 15) is 9.59 Å². The first-order valence-corrected chi connectivity index (χ1v) is 5.11. The van der Waals surface area contributed by atoms with Crippen molar-refractivity contribution in [3.63, 3.8) is 0 Å². The minimum Gasteiger partial charge on any atom is -0.478 e. The summed E-state index contributed by atoms with van der Waals surface area (Å²) in [6.45, 7) is 4.28. The van der Waals surface area contributed by atoms with Crippen LogP contribution in [0.15, 0.2) is 12.3 Å². The van der Waals surface area contributed by atoms with E-state index in [1.807, 2.05) is 0 Å². The Kier molecular flexibility index (Phi) is 4.10. The van der Waals surface area contributed by atoms with Crippen LogP contribution in [-0.4, -0.2) is 28.2 Å². The molecule has 0 fully saturated rings. The van der Waals surface area contributed by atoms with Crippen LogP contribution in [0.2, 0.25) is 0 Å². The second-order valence-corrected chi connectivity index (χ2v) is 3.37. The molecule has 1 N–H and O–H groups in total. The fourth-order valence-corrected chi connectivity index (χ4v) is 1.46. The first-order chi connectivity index (χ1) is 7.56. The second-order valence-electron chi connectivity index (χ2n) is 3.37. The zero-order chi connectivity index (χ0) is 12.1. The third-order valence-electron chi connectivity index (χ3n) is 2.33. The van der Waals surface area contributed by atoms with Gasteiger partial charge in [0.05, 0.1) is 18.6 Å². The minimum absolute atomic E-state index is 0.252. The van der Waals surface area contributed by atoms with Gasteiger partial charge in [0.15, 0.2) is 0 Å². The molecule has 88 valence electrons. The Hall–Kier alpha value is -1.78. The van der Waals surface area contributed by atoms with Crippen molar-refractivity contribution in [3.8, 4) is 0 Å². The molecule has 1 aromatic rings. The van der Waals surface area contributed by atoms with Gasteiger partial charge in [-0.05, 0) is 19.9 Å². The van der Waals surface area contributed by atoms with Crippen LogP contribution in [0.3, 0.4) is 0 Å². The summed E-state index contributed by atoms with van der Waals surface area (Å²) in [5, 5.41) is 8.84. The SMILES string of the molecule is CCOC(=O)CCn1ccc(C(=O)O)c1C. The van der Waals surface area contributed by atoms with Crippen LogP contribution in [-0.2, 0) is 16.1 Å². The summed E-state index contributed by atoms with van der Waals surface area (Å²) < 4.78 is 6.53. The maximum Gasteiger partial charge on any atom is 0.337 e. The van der Waals surface area contributed by atoms with Crippen molar-refractivity contribution in [2.24, 2.45) is 0 Å². The van der Waals surface area contributed by atoms with E-state index in [0.717, 1.165) is 0 Å². The van der Waals surface area contributed by atoms with E-state index in [1.165, 1.54) is 6.07 Å². The summed E-state index contributed by atoms with van der Waals surface area (Å²) >= 11 is 0. The van der Waals surface area contributed by atoms with Gasteiger partial charge in [0, 0.05) is 18.4 Å². The van der Waals surface area contributed by atoms with Gasteiger partial charge in [-0.25, -0.2) is 4.79 Å². The lowest BCUT2D eigenvalue weighted by Crippen LogP contribution is -2.10. The van der Waals surface area contributed by atoms with E-state index in [1.54, 1.807) is 24.6 Å². The number of carboxylic acids is 1. The molecule has 0 spiro atoms. The highest BCUT2D eigenvalue weighted by molar-refractivity contribution is 5.89. The number of hydrogen-bond acceptors (Lipinski definition) is 3. The largest absolute Gasteiger partial charge is 0.478 e. The number of rotatable bonds is 5. The number of aromatic carboxylic acids is 1. The molecule has 16 heavy (non-hydrogen) atoms. The predicted octanol–water partition coefficient (Wildman–Crippen LogP) is 1.45. The van der Waals surface area contributed by atoms with Crippen LogP contribution in [0, 0.1) is 6.92 Å². The average Bonchev–Trinajstić information content (AvgIpc) is 2.57. The van der Waals surface area contributed by atoms with Gasteiger partial charge < -0.3 is 14.4 Å². The summed E-state index contributed by atoms with van der Waals surface area (Å²) in [5.41, 5.74) is 0.917. The number of nitrogens with zero attached hydrogens (tertiary/aromatic N) is 1. The maximum atomic E-state index is 11.1. The van der Waals surface area contributed by atoms with Gasteiger partial charge in [0.1, 0.15) is 0 Å². The van der Waals surface area contributed by atoms with Crippen LogP contribution in [0.1, 0.15) is 29.4 Å². The molecule has 0 atom stereocenters. The summed E-state index contributed by atoms with van der Waals surface area (Å²) in [6, 6.07) is 1.53. The topological polar surface area (TPSA) is 68.5 Å². The van der Waals surface area contributed by atoms with Crippen molar-refractivity contribution >= 4 is 11.9 Å². The van der Waals surface area contributed by atoms with Crippen LogP contribution >= 0.6 is 0 Å². The van der Waals surface area contributed by atoms with Crippen molar-refractivity contribution < 1.29 is 19.4 Å². The summed E-state index contributed by atoms with van der Waals surface area (Å²) in [4.78, 5) is 21.9. The van der Waals surface area contributed by atoms with Gasteiger partial charge in [0.25, 0.3) is 0 Å². The lowest BCUT2D eigenvalue weighted by atomic mass is 10.2. The molecule has 1 rings (SSSR count). The van der Waals surface area contributed by atoms with E-state index in [-0.39, 0.29) is 18.0 Å². The number of carbonyl (C=O) groups excluding carboxylic acids is 1. The first kappa shape index (κ1) is 12.3. The lowest BCUT2D eigenvalue weighted by Gasteiger charge is -2.06. The Morgan fingerprint density at radius 3 is 2.69 bits per heavy atom. The number of carbonyl (C=O) groups is 2. The molecule has 0 radical (unpaired) electrons. The highest BCUT2D eigenvalue weighted by Gasteiger charge is 2.11. The molecule has 0 saturated carbocycles. The Morgan fingerprint density at radius 2 is 2.19 bits per heavy atom. The molecule has 0 aliphatic heterocycles. The van der Waals surface area contributed by atoms with Crippen molar-refractivity contribution in [2.45, 2.75) is 26.8 Å². The fraction of sp³-hybridized carbons (Fsp3) is 0.455. The van der Waals surface area contributed by atoms with Crippen molar-refractivity contribution in [3.05, 3.63) is 23.5 Å². The molecule has 0 aliphatic carbocycles. The summed E-state index contributed by atoms with van der Waals surface area (Å²) in [7, 11) is 0. The third-order valence-corrected chi connectivity index (χ3v) is 2.33. The molecule has 0 aliphatic rings. The van der Waals surface area contributed by atoms with Crippen molar-refractivity contribution in [1.82, 2.24) is 4.57 Å². The molecule has 1 aromatic heterocycles. The Labute approximate surface area is 93.6 Å². The van der Waals surface area contributed by atoms with Crippen molar-refractivity contribution in [2.75, 3.05) is 6.61 Å². The second kappa shape index (κ2) is 5.34. The number of esters is 1. The molecular formula is C11H15NO4. The van der Waals surface area contributed by atoms with Gasteiger partial charge in [-0.3, -0.25) is 4.79 Å². The zero-order valence-electron chi connectivity index (χ0n) is 9.40. The highest BCUT2D eigenvalue weighted by Crippen LogP contribution is 2.10. The first-order valence-electron chi connectivity index (χ1n) is 5.11. The van der Waals surface area contributed by atoms with E-state index >= 15 is 0 Å². The van der Waals surface area contributed by atoms with Crippen molar-refractivity contribution in [1.29, 1.82) is 0 Å². The molecule has 0 aromatic carbocycles. The smallest absolute Gasteiger partial charge is 0.337 e. The molecule has 5 heteroatoms. The summed E-state index contributed by atoms with van der Waals surface area (Å²) in [6.07, 6.45) is 1.92. The van der Waals surface area contributed by atoms with Gasteiger partial charge in [0.2, 0.25) is 0 Å². The standard InChI is InChI=1S/C11H15NO4/c1-3-16-10(13)5-7-12-6-4-9(8(12)2)11(14)15/h4,6H,3,5,7H2,1-2H3,(H,14,15). The highest BCUT2D eigenvalue weighted by atomic mass is 16.5. The molecule has 0 unspecified atom stereocenters. The average molecular weight is 225 g/mol. The normalized spacial score (nSPS) is 10.1. The number of aromatic nitrogens is 1. The van der Waals surface area contributed by atoms with Gasteiger partial charge in [-0.1, -0.05) is 0 Å². The number of carboxylic acid groups (broad SMARTS) is 1. The van der Waals surface area contributed by atoms with E-state index in [0.29, 0.717) is 18.8 Å².